The summed E-state index contributed by atoms with van der Waals surface area (Å²) in [4.78, 5) is 1.23. The van der Waals surface area contributed by atoms with Crippen molar-refractivity contribution in [1.82, 2.24) is 9.21 Å². The average Bonchev–Trinajstić information content (AvgIpc) is 2.38. The maximum absolute atomic E-state index is 12.3. The van der Waals surface area contributed by atoms with Crippen LogP contribution in [0, 0.1) is 0 Å². The molecule has 0 amide bonds. The van der Waals surface area contributed by atoms with Crippen molar-refractivity contribution in [3.8, 4) is 0 Å². The molecule has 0 saturated carbocycles. The van der Waals surface area contributed by atoms with Crippen molar-refractivity contribution in [2.24, 2.45) is 0 Å². The Kier molecular flexibility index (Phi) is 4.90. The van der Waals surface area contributed by atoms with Gasteiger partial charge in [0.1, 0.15) is 0 Å². The maximum atomic E-state index is 12.3. The van der Waals surface area contributed by atoms with E-state index in [9.17, 15) is 21.6 Å². The van der Waals surface area contributed by atoms with E-state index in [-0.39, 0.29) is 31.9 Å². The quantitative estimate of drug-likeness (QED) is 0.847. The predicted octanol–water partition coefficient (Wildman–Crippen LogP) is 1.70. The van der Waals surface area contributed by atoms with E-state index in [2.05, 4.69) is 0 Å². The van der Waals surface area contributed by atoms with Crippen molar-refractivity contribution >= 4 is 10.0 Å². The highest BCUT2D eigenvalue weighted by atomic mass is 32.2. The maximum Gasteiger partial charge on any atom is 0.401 e. The molecule has 21 heavy (non-hydrogen) atoms. The SMILES string of the molecule is O=S(=O)(Cc1ccccc1)N1CCN(CC(F)(F)F)CC1. The summed E-state index contributed by atoms with van der Waals surface area (Å²) >= 11 is 0. The Balaban J connectivity index is 1.92. The summed E-state index contributed by atoms with van der Waals surface area (Å²) in [6, 6.07) is 8.75. The first-order valence-corrected chi connectivity index (χ1v) is 8.18. The predicted molar refractivity (Wildman–Crippen MR) is 73.1 cm³/mol. The van der Waals surface area contributed by atoms with Crippen molar-refractivity contribution in [2.75, 3.05) is 32.7 Å². The molecular weight excluding hydrogens is 305 g/mol. The molecule has 0 radical (unpaired) electrons. The fourth-order valence-electron chi connectivity index (χ4n) is 2.30. The van der Waals surface area contributed by atoms with E-state index < -0.39 is 22.7 Å². The largest absolute Gasteiger partial charge is 0.401 e. The number of rotatable bonds is 4. The van der Waals surface area contributed by atoms with Crippen LogP contribution in [-0.4, -0.2) is 56.5 Å². The highest BCUT2D eigenvalue weighted by Gasteiger charge is 2.34. The zero-order chi connectivity index (χ0) is 15.5. The average molecular weight is 322 g/mol. The normalized spacial score (nSPS) is 18.8. The van der Waals surface area contributed by atoms with Crippen molar-refractivity contribution in [1.29, 1.82) is 0 Å². The van der Waals surface area contributed by atoms with E-state index in [1.807, 2.05) is 0 Å². The molecule has 0 N–H and O–H groups in total. The Hall–Kier alpha value is -1.12. The zero-order valence-electron chi connectivity index (χ0n) is 11.4. The van der Waals surface area contributed by atoms with Gasteiger partial charge >= 0.3 is 6.18 Å². The lowest BCUT2D eigenvalue weighted by molar-refractivity contribution is -0.148. The monoisotopic (exact) mass is 322 g/mol. The Morgan fingerprint density at radius 1 is 1.00 bits per heavy atom. The molecule has 0 aliphatic carbocycles. The van der Waals surface area contributed by atoms with Crippen molar-refractivity contribution in [3.63, 3.8) is 0 Å². The van der Waals surface area contributed by atoms with Gasteiger partial charge in [-0.3, -0.25) is 4.90 Å². The smallest absolute Gasteiger partial charge is 0.292 e. The molecule has 0 atom stereocenters. The Morgan fingerprint density at radius 2 is 1.57 bits per heavy atom. The first kappa shape index (κ1) is 16.3. The minimum atomic E-state index is -4.24. The molecule has 1 aromatic carbocycles. The molecule has 0 aromatic heterocycles. The summed E-state index contributed by atoms with van der Waals surface area (Å²) in [6.07, 6.45) is -4.24. The van der Waals surface area contributed by atoms with Gasteiger partial charge in [0.25, 0.3) is 0 Å². The minimum absolute atomic E-state index is 0.102. The number of piperazine rings is 1. The lowest BCUT2D eigenvalue weighted by Gasteiger charge is -2.34. The molecule has 0 spiro atoms. The molecule has 0 unspecified atom stereocenters. The zero-order valence-corrected chi connectivity index (χ0v) is 12.2. The van der Waals surface area contributed by atoms with E-state index >= 15 is 0 Å². The molecular formula is C13H17F3N2O2S. The summed E-state index contributed by atoms with van der Waals surface area (Å²) in [6.45, 7) is -0.572. The molecule has 1 heterocycles. The van der Waals surface area contributed by atoms with Crippen molar-refractivity contribution in [3.05, 3.63) is 35.9 Å². The molecule has 1 aliphatic rings. The second kappa shape index (κ2) is 6.33. The topological polar surface area (TPSA) is 40.6 Å². The van der Waals surface area contributed by atoms with Gasteiger partial charge in [0.15, 0.2) is 0 Å². The molecule has 1 fully saturated rings. The van der Waals surface area contributed by atoms with Gasteiger partial charge in [-0.15, -0.1) is 0 Å². The highest BCUT2D eigenvalue weighted by molar-refractivity contribution is 7.88. The fraction of sp³-hybridized carbons (Fsp3) is 0.538. The lowest BCUT2D eigenvalue weighted by Crippen LogP contribution is -2.51. The van der Waals surface area contributed by atoms with Crippen LogP contribution in [0.3, 0.4) is 0 Å². The van der Waals surface area contributed by atoms with Crippen molar-refractivity contribution in [2.45, 2.75) is 11.9 Å². The lowest BCUT2D eigenvalue weighted by atomic mass is 10.2. The molecule has 118 valence electrons. The number of halogens is 3. The third-order valence-corrected chi connectivity index (χ3v) is 5.17. The van der Waals surface area contributed by atoms with Crippen molar-refractivity contribution < 1.29 is 21.6 Å². The van der Waals surface area contributed by atoms with E-state index in [1.165, 1.54) is 9.21 Å². The van der Waals surface area contributed by atoms with E-state index in [4.69, 9.17) is 0 Å². The molecule has 4 nitrogen and oxygen atoms in total. The van der Waals surface area contributed by atoms with Gasteiger partial charge in [-0.25, -0.2) is 8.42 Å². The van der Waals surface area contributed by atoms with Crippen LogP contribution < -0.4 is 0 Å². The Labute approximate surface area is 122 Å². The summed E-state index contributed by atoms with van der Waals surface area (Å²) in [5, 5.41) is 0. The van der Waals surface area contributed by atoms with Crippen LogP contribution in [0.15, 0.2) is 30.3 Å². The van der Waals surface area contributed by atoms with Crippen LogP contribution in [0.2, 0.25) is 0 Å². The van der Waals surface area contributed by atoms with Gasteiger partial charge < -0.3 is 0 Å². The highest BCUT2D eigenvalue weighted by Crippen LogP contribution is 2.19. The van der Waals surface area contributed by atoms with Crippen LogP contribution in [0.25, 0.3) is 0 Å². The van der Waals surface area contributed by atoms with Gasteiger partial charge in [0.2, 0.25) is 10.0 Å². The summed E-state index contributed by atoms with van der Waals surface area (Å²) in [5.74, 6) is -0.118. The third-order valence-electron chi connectivity index (χ3n) is 3.32. The van der Waals surface area contributed by atoms with Crippen LogP contribution in [-0.2, 0) is 15.8 Å². The van der Waals surface area contributed by atoms with Crippen LogP contribution >= 0.6 is 0 Å². The van der Waals surface area contributed by atoms with E-state index in [1.54, 1.807) is 30.3 Å². The Bertz CT molecular complexity index is 553. The van der Waals surface area contributed by atoms with Gasteiger partial charge in [-0.05, 0) is 5.56 Å². The van der Waals surface area contributed by atoms with Crippen LogP contribution in [0.4, 0.5) is 13.2 Å². The second-order valence-corrected chi connectivity index (χ2v) is 7.00. The number of alkyl halides is 3. The minimum Gasteiger partial charge on any atom is -0.292 e. The molecule has 1 aromatic rings. The molecule has 2 rings (SSSR count). The van der Waals surface area contributed by atoms with Gasteiger partial charge in [-0.1, -0.05) is 30.3 Å². The van der Waals surface area contributed by atoms with E-state index in [0.717, 1.165) is 0 Å². The summed E-state index contributed by atoms with van der Waals surface area (Å²) in [5.41, 5.74) is 0.676. The number of nitrogens with zero attached hydrogens (tertiary/aromatic N) is 2. The molecule has 1 saturated heterocycles. The molecule has 8 heteroatoms. The number of benzene rings is 1. The Morgan fingerprint density at radius 3 is 2.10 bits per heavy atom. The standard InChI is InChI=1S/C13H17F3N2O2S/c14-13(15,16)11-17-6-8-18(9-7-17)21(19,20)10-12-4-2-1-3-5-12/h1-5H,6-11H2. The number of sulfonamides is 1. The van der Waals surface area contributed by atoms with Gasteiger partial charge in [0, 0.05) is 26.2 Å². The summed E-state index contributed by atoms with van der Waals surface area (Å²) in [7, 11) is -3.48. The van der Waals surface area contributed by atoms with Crippen LogP contribution in [0.1, 0.15) is 5.56 Å². The number of hydrogen-bond donors (Lipinski definition) is 0. The third kappa shape index (κ3) is 4.98. The molecule has 0 bridgehead atoms. The van der Waals surface area contributed by atoms with Gasteiger partial charge in [0.05, 0.1) is 12.3 Å². The second-order valence-electron chi connectivity index (χ2n) is 5.03. The number of hydrogen-bond acceptors (Lipinski definition) is 3. The first-order chi connectivity index (χ1) is 9.76. The summed E-state index contributed by atoms with van der Waals surface area (Å²) < 4.78 is 62.6. The van der Waals surface area contributed by atoms with Gasteiger partial charge in [-0.2, -0.15) is 17.5 Å². The van der Waals surface area contributed by atoms with Crippen LogP contribution in [0.5, 0.6) is 0 Å². The fourth-order valence-corrected chi connectivity index (χ4v) is 3.81. The molecule has 1 aliphatic heterocycles. The first-order valence-electron chi connectivity index (χ1n) is 6.57. The van der Waals surface area contributed by atoms with E-state index in [0.29, 0.717) is 5.56 Å².